The second-order valence-corrected chi connectivity index (χ2v) is 5.24. The number of aromatic nitrogens is 2. The zero-order valence-corrected chi connectivity index (χ0v) is 11.7. The van der Waals surface area contributed by atoms with E-state index in [2.05, 4.69) is 4.98 Å². The van der Waals surface area contributed by atoms with Crippen LogP contribution in [-0.2, 0) is 0 Å². The molecule has 96 valence electrons. The lowest BCUT2D eigenvalue weighted by atomic mass is 10.2. The van der Waals surface area contributed by atoms with Crippen molar-refractivity contribution in [2.75, 3.05) is 5.73 Å². The molecule has 2 N–H and O–H groups in total. The van der Waals surface area contributed by atoms with E-state index in [1.807, 2.05) is 35.8 Å². The fourth-order valence-electron chi connectivity index (χ4n) is 2.12. The molecule has 0 aliphatic carbocycles. The summed E-state index contributed by atoms with van der Waals surface area (Å²) in [7, 11) is 0. The molecule has 1 heterocycles. The lowest BCUT2D eigenvalue weighted by Crippen LogP contribution is -2.01. The number of aryl methyl sites for hydroxylation is 1. The van der Waals surface area contributed by atoms with E-state index in [-0.39, 0.29) is 0 Å². The molecule has 3 rings (SSSR count). The van der Waals surface area contributed by atoms with E-state index in [1.54, 1.807) is 12.1 Å². The molecule has 3 aromatic rings. The first-order valence-corrected chi connectivity index (χ1v) is 6.52. The van der Waals surface area contributed by atoms with Crippen molar-refractivity contribution in [3.63, 3.8) is 0 Å². The molecule has 0 aliphatic heterocycles. The van der Waals surface area contributed by atoms with E-state index in [0.717, 1.165) is 22.3 Å². The highest BCUT2D eigenvalue weighted by Gasteiger charge is 2.12. The molecule has 0 amide bonds. The number of halogens is 2. The van der Waals surface area contributed by atoms with Gasteiger partial charge in [-0.25, -0.2) is 4.98 Å². The number of imidazole rings is 1. The van der Waals surface area contributed by atoms with Crippen molar-refractivity contribution in [2.24, 2.45) is 0 Å². The van der Waals surface area contributed by atoms with Crippen molar-refractivity contribution in [3.8, 4) is 5.69 Å². The van der Waals surface area contributed by atoms with Gasteiger partial charge in [0.15, 0.2) is 0 Å². The van der Waals surface area contributed by atoms with Crippen molar-refractivity contribution in [1.82, 2.24) is 9.55 Å². The molecule has 3 nitrogen and oxygen atoms in total. The summed E-state index contributed by atoms with van der Waals surface area (Å²) in [5.74, 6) is 0.407. The third-order valence-electron chi connectivity index (χ3n) is 2.99. The standard InChI is InChI=1S/C14H11Cl2N3/c1-8-2-4-13-11(6-8)18-14(17)19(13)12-5-3-9(15)7-10(12)16/h2-7H,1H3,(H2,17,18). The van der Waals surface area contributed by atoms with E-state index in [4.69, 9.17) is 28.9 Å². The summed E-state index contributed by atoms with van der Waals surface area (Å²) < 4.78 is 1.83. The third kappa shape index (κ3) is 2.05. The van der Waals surface area contributed by atoms with Crippen LogP contribution >= 0.6 is 23.2 Å². The van der Waals surface area contributed by atoms with Crippen molar-refractivity contribution < 1.29 is 0 Å². The van der Waals surface area contributed by atoms with Crippen molar-refractivity contribution in [1.29, 1.82) is 0 Å². The maximum Gasteiger partial charge on any atom is 0.205 e. The third-order valence-corrected chi connectivity index (χ3v) is 3.52. The number of anilines is 1. The average molecular weight is 292 g/mol. The number of fused-ring (bicyclic) bond motifs is 1. The highest BCUT2D eigenvalue weighted by Crippen LogP contribution is 2.30. The Morgan fingerprint density at radius 2 is 1.89 bits per heavy atom. The van der Waals surface area contributed by atoms with Crippen molar-refractivity contribution >= 4 is 40.2 Å². The maximum absolute atomic E-state index is 6.24. The molecule has 1 aromatic heterocycles. The van der Waals surface area contributed by atoms with Gasteiger partial charge >= 0.3 is 0 Å². The van der Waals surface area contributed by atoms with Crippen LogP contribution in [0.15, 0.2) is 36.4 Å². The molecule has 19 heavy (non-hydrogen) atoms. The number of hydrogen-bond acceptors (Lipinski definition) is 2. The normalized spacial score (nSPS) is 11.1. The summed E-state index contributed by atoms with van der Waals surface area (Å²) in [6.07, 6.45) is 0. The fraction of sp³-hybridized carbons (Fsp3) is 0.0714. The van der Waals surface area contributed by atoms with E-state index in [1.165, 1.54) is 0 Å². The number of nitrogens with two attached hydrogens (primary N) is 1. The maximum atomic E-state index is 6.24. The Morgan fingerprint density at radius 1 is 1.11 bits per heavy atom. The Balaban J connectivity index is 2.33. The van der Waals surface area contributed by atoms with Gasteiger partial charge < -0.3 is 5.73 Å². The van der Waals surface area contributed by atoms with Crippen molar-refractivity contribution in [3.05, 3.63) is 52.0 Å². The summed E-state index contributed by atoms with van der Waals surface area (Å²) in [4.78, 5) is 4.36. The van der Waals surface area contributed by atoms with Gasteiger partial charge in [-0.05, 0) is 42.8 Å². The zero-order valence-electron chi connectivity index (χ0n) is 10.2. The quantitative estimate of drug-likeness (QED) is 0.729. The molecular formula is C14H11Cl2N3. The lowest BCUT2D eigenvalue weighted by molar-refractivity contribution is 1.11. The summed E-state index contributed by atoms with van der Waals surface area (Å²) in [6, 6.07) is 11.3. The van der Waals surface area contributed by atoms with Gasteiger partial charge in [0.25, 0.3) is 0 Å². The van der Waals surface area contributed by atoms with Gasteiger partial charge in [0.1, 0.15) is 0 Å². The number of nitrogens with zero attached hydrogens (tertiary/aromatic N) is 2. The van der Waals surface area contributed by atoms with E-state index < -0.39 is 0 Å². The molecule has 0 saturated heterocycles. The minimum absolute atomic E-state index is 0.407. The molecule has 0 spiro atoms. The topological polar surface area (TPSA) is 43.8 Å². The number of rotatable bonds is 1. The Bertz CT molecular complexity index is 778. The van der Waals surface area contributed by atoms with Gasteiger partial charge in [0, 0.05) is 5.02 Å². The minimum atomic E-state index is 0.407. The summed E-state index contributed by atoms with van der Waals surface area (Å²) in [5.41, 5.74) is 9.69. The van der Waals surface area contributed by atoms with Gasteiger partial charge in [-0.1, -0.05) is 29.3 Å². The van der Waals surface area contributed by atoms with Crippen LogP contribution in [0.3, 0.4) is 0 Å². The van der Waals surface area contributed by atoms with Gasteiger partial charge in [0.05, 0.1) is 21.7 Å². The van der Waals surface area contributed by atoms with Gasteiger partial charge in [-0.15, -0.1) is 0 Å². The predicted molar refractivity (Wildman–Crippen MR) is 80.2 cm³/mol. The van der Waals surface area contributed by atoms with Crippen LogP contribution in [0.5, 0.6) is 0 Å². The number of nitrogen functional groups attached to an aromatic ring is 1. The van der Waals surface area contributed by atoms with Gasteiger partial charge in [-0.3, -0.25) is 4.57 Å². The molecule has 2 aromatic carbocycles. The van der Waals surface area contributed by atoms with E-state index in [0.29, 0.717) is 16.0 Å². The Hall–Kier alpha value is -1.71. The Labute approximate surface area is 120 Å². The Morgan fingerprint density at radius 3 is 2.63 bits per heavy atom. The lowest BCUT2D eigenvalue weighted by Gasteiger charge is -2.09. The molecule has 0 saturated carbocycles. The van der Waals surface area contributed by atoms with Crippen LogP contribution < -0.4 is 5.73 Å². The Kier molecular flexibility index (Phi) is 2.88. The molecule has 5 heteroatoms. The zero-order chi connectivity index (χ0) is 13.6. The van der Waals surface area contributed by atoms with E-state index >= 15 is 0 Å². The molecule has 0 fully saturated rings. The molecule has 0 atom stereocenters. The van der Waals surface area contributed by atoms with E-state index in [9.17, 15) is 0 Å². The second-order valence-electron chi connectivity index (χ2n) is 4.39. The summed E-state index contributed by atoms with van der Waals surface area (Å²) in [6.45, 7) is 2.02. The summed E-state index contributed by atoms with van der Waals surface area (Å²) in [5, 5.41) is 1.13. The highest BCUT2D eigenvalue weighted by molar-refractivity contribution is 6.35. The highest BCUT2D eigenvalue weighted by atomic mass is 35.5. The number of benzene rings is 2. The van der Waals surface area contributed by atoms with Crippen LogP contribution in [0.1, 0.15) is 5.56 Å². The fourth-order valence-corrected chi connectivity index (χ4v) is 2.62. The first-order valence-electron chi connectivity index (χ1n) is 5.76. The van der Waals surface area contributed by atoms with Gasteiger partial charge in [-0.2, -0.15) is 0 Å². The molecule has 0 aliphatic rings. The smallest absolute Gasteiger partial charge is 0.205 e. The molecular weight excluding hydrogens is 281 g/mol. The van der Waals surface area contributed by atoms with Crippen LogP contribution in [0, 0.1) is 6.92 Å². The largest absolute Gasteiger partial charge is 0.369 e. The minimum Gasteiger partial charge on any atom is -0.369 e. The average Bonchev–Trinajstić information content (AvgIpc) is 2.65. The summed E-state index contributed by atoms with van der Waals surface area (Å²) >= 11 is 12.2. The monoisotopic (exact) mass is 291 g/mol. The molecule has 0 unspecified atom stereocenters. The molecule has 0 bridgehead atoms. The van der Waals surface area contributed by atoms with Crippen LogP contribution in [0.2, 0.25) is 10.0 Å². The van der Waals surface area contributed by atoms with Crippen molar-refractivity contribution in [2.45, 2.75) is 6.92 Å². The predicted octanol–water partition coefficient (Wildman–Crippen LogP) is 4.22. The van der Waals surface area contributed by atoms with Crippen LogP contribution in [0.4, 0.5) is 5.95 Å². The molecule has 0 radical (unpaired) electrons. The SMILES string of the molecule is Cc1ccc2c(c1)nc(N)n2-c1ccc(Cl)cc1Cl. The first-order chi connectivity index (χ1) is 9.06. The van der Waals surface area contributed by atoms with Crippen LogP contribution in [0.25, 0.3) is 16.7 Å². The van der Waals surface area contributed by atoms with Gasteiger partial charge in [0.2, 0.25) is 5.95 Å². The first kappa shape index (κ1) is 12.3. The van der Waals surface area contributed by atoms with Crippen LogP contribution in [-0.4, -0.2) is 9.55 Å². The number of hydrogen-bond donors (Lipinski definition) is 1. The second kappa shape index (κ2) is 4.44.